The molecule has 2 bridgehead atoms. The molecule has 1 heterocycles. The minimum Gasteiger partial charge on any atom is -0.375 e. The van der Waals surface area contributed by atoms with Crippen molar-refractivity contribution in [3.8, 4) is 0 Å². The van der Waals surface area contributed by atoms with E-state index in [1.165, 1.54) is 12.8 Å². The summed E-state index contributed by atoms with van der Waals surface area (Å²) in [5, 5.41) is 3.37. The van der Waals surface area contributed by atoms with Crippen molar-refractivity contribution in [2.24, 2.45) is 17.3 Å². The number of nitrogens with one attached hydrogen (secondary N) is 1. The summed E-state index contributed by atoms with van der Waals surface area (Å²) in [5.41, 5.74) is -0.693. The van der Waals surface area contributed by atoms with E-state index in [0.29, 0.717) is 30.5 Å². The van der Waals surface area contributed by atoms with Crippen molar-refractivity contribution in [3.63, 3.8) is 0 Å². The van der Waals surface area contributed by atoms with Crippen molar-refractivity contribution in [2.45, 2.75) is 79.0 Å². The molecule has 4 heteroatoms. The Morgan fingerprint density at radius 1 is 1.13 bits per heavy atom. The van der Waals surface area contributed by atoms with E-state index < -0.39 is 5.41 Å². The number of carbonyl (C=O) groups is 1. The lowest BCUT2D eigenvalue weighted by atomic mass is 9.88. The zero-order chi connectivity index (χ0) is 17.4. The van der Waals surface area contributed by atoms with Crippen LogP contribution in [-0.2, 0) is 9.53 Å². The molecular weight excluding hydrogens is 288 g/mol. The van der Waals surface area contributed by atoms with Crippen LogP contribution in [0.5, 0.6) is 0 Å². The molecule has 0 radical (unpaired) electrons. The predicted molar refractivity (Wildman–Crippen MR) is 94.3 cm³/mol. The van der Waals surface area contributed by atoms with Crippen LogP contribution in [0.15, 0.2) is 0 Å². The van der Waals surface area contributed by atoms with E-state index >= 15 is 0 Å². The van der Waals surface area contributed by atoms with Crippen molar-refractivity contribution in [1.29, 1.82) is 0 Å². The first kappa shape index (κ1) is 18.7. The lowest BCUT2D eigenvalue weighted by Gasteiger charge is -2.41. The fourth-order valence-electron chi connectivity index (χ4n) is 3.73. The number of likely N-dealkylation sites (tertiary alicyclic amines) is 1. The summed E-state index contributed by atoms with van der Waals surface area (Å²) < 4.78 is 5.85. The summed E-state index contributed by atoms with van der Waals surface area (Å²) in [6.07, 6.45) is 2.50. The highest BCUT2D eigenvalue weighted by Crippen LogP contribution is 2.38. The predicted octanol–water partition coefficient (Wildman–Crippen LogP) is 3.06. The van der Waals surface area contributed by atoms with Crippen LogP contribution in [0.3, 0.4) is 0 Å². The largest absolute Gasteiger partial charge is 0.375 e. The second-order valence-corrected chi connectivity index (χ2v) is 9.43. The Morgan fingerprint density at radius 3 is 2.09 bits per heavy atom. The lowest BCUT2D eigenvalue weighted by Crippen LogP contribution is -2.56. The Balaban J connectivity index is 1.93. The molecule has 2 fully saturated rings. The molecule has 1 amide bonds. The lowest BCUT2D eigenvalue weighted by molar-refractivity contribution is -0.137. The Kier molecular flexibility index (Phi) is 5.47. The fraction of sp³-hybridized carbons (Fsp3) is 0.947. The summed E-state index contributed by atoms with van der Waals surface area (Å²) in [4.78, 5) is 15.3. The van der Waals surface area contributed by atoms with Crippen LogP contribution in [0, 0.1) is 17.3 Å². The molecule has 0 unspecified atom stereocenters. The summed E-state index contributed by atoms with van der Waals surface area (Å²) in [6.45, 7) is 17.3. The highest BCUT2D eigenvalue weighted by Gasteiger charge is 2.44. The molecular formula is C19H36N2O2. The van der Waals surface area contributed by atoms with Gasteiger partial charge in [-0.1, -0.05) is 0 Å². The maximum atomic E-state index is 12.8. The Morgan fingerprint density at radius 2 is 1.65 bits per heavy atom. The van der Waals surface area contributed by atoms with Crippen LogP contribution >= 0.6 is 0 Å². The monoisotopic (exact) mass is 324 g/mol. The van der Waals surface area contributed by atoms with Crippen molar-refractivity contribution in [1.82, 2.24) is 10.2 Å². The molecule has 1 aliphatic heterocycles. The van der Waals surface area contributed by atoms with Crippen LogP contribution in [0.1, 0.15) is 61.3 Å². The average Bonchev–Trinajstić information content (AvgIpc) is 2.66. The SMILES string of the molecule is CC(C)N1C[C@H]2CC[C@@H](C1)[C@@H]2NC(=O)C(C)(C)COC(C)(C)C. The van der Waals surface area contributed by atoms with Crippen LogP contribution in [-0.4, -0.2) is 48.2 Å². The zero-order valence-electron chi connectivity index (χ0n) is 16.1. The molecule has 1 saturated carbocycles. The van der Waals surface area contributed by atoms with Gasteiger partial charge in [0.1, 0.15) is 0 Å². The number of amides is 1. The zero-order valence-corrected chi connectivity index (χ0v) is 16.1. The topological polar surface area (TPSA) is 41.6 Å². The number of carbonyl (C=O) groups excluding carboxylic acids is 1. The maximum absolute atomic E-state index is 12.8. The molecule has 23 heavy (non-hydrogen) atoms. The highest BCUT2D eigenvalue weighted by atomic mass is 16.5. The van der Waals surface area contributed by atoms with Crippen LogP contribution < -0.4 is 5.32 Å². The minimum absolute atomic E-state index is 0.140. The van der Waals surface area contributed by atoms with Crippen LogP contribution in [0.4, 0.5) is 0 Å². The van der Waals surface area contributed by atoms with E-state index in [1.807, 2.05) is 34.6 Å². The number of piperidine rings is 1. The fourth-order valence-corrected chi connectivity index (χ4v) is 3.73. The third-order valence-corrected chi connectivity index (χ3v) is 5.37. The van der Waals surface area contributed by atoms with Crippen molar-refractivity contribution in [2.75, 3.05) is 19.7 Å². The first-order valence-corrected chi connectivity index (χ1v) is 9.18. The van der Waals surface area contributed by atoms with Crippen molar-refractivity contribution >= 4 is 5.91 Å². The first-order valence-electron chi connectivity index (χ1n) is 9.18. The number of rotatable bonds is 5. The molecule has 0 spiro atoms. The van der Waals surface area contributed by atoms with E-state index in [2.05, 4.69) is 24.1 Å². The normalized spacial score (nSPS) is 29.1. The molecule has 2 aliphatic rings. The molecule has 1 saturated heterocycles. The van der Waals surface area contributed by atoms with E-state index in [9.17, 15) is 4.79 Å². The molecule has 2 rings (SSSR count). The minimum atomic E-state index is -0.484. The van der Waals surface area contributed by atoms with Gasteiger partial charge in [-0.3, -0.25) is 4.79 Å². The molecule has 1 N–H and O–H groups in total. The van der Waals surface area contributed by atoms with Gasteiger partial charge in [0.05, 0.1) is 17.6 Å². The Hall–Kier alpha value is -0.610. The molecule has 1 aliphatic carbocycles. The smallest absolute Gasteiger partial charge is 0.228 e. The molecule has 3 atom stereocenters. The molecule has 0 aromatic carbocycles. The van der Waals surface area contributed by atoms with Gasteiger partial charge in [-0.25, -0.2) is 0 Å². The third kappa shape index (κ3) is 4.69. The van der Waals surface area contributed by atoms with Gasteiger partial charge >= 0.3 is 0 Å². The Bertz CT molecular complexity index is 412. The van der Waals surface area contributed by atoms with Gasteiger partial charge in [-0.15, -0.1) is 0 Å². The molecule has 4 nitrogen and oxygen atoms in total. The van der Waals surface area contributed by atoms with Gasteiger partial charge < -0.3 is 15.0 Å². The number of ether oxygens (including phenoxy) is 1. The highest BCUT2D eigenvalue weighted by molar-refractivity contribution is 5.82. The number of hydrogen-bond donors (Lipinski definition) is 1. The molecule has 134 valence electrons. The maximum Gasteiger partial charge on any atom is 0.228 e. The second-order valence-electron chi connectivity index (χ2n) is 9.43. The molecule has 0 aromatic rings. The standard InChI is InChI=1S/C19H36N2O2/c1-13(2)21-10-14-8-9-15(11-21)16(14)20-17(22)19(6,7)12-23-18(3,4)5/h13-16H,8-12H2,1-7H3,(H,20,22)/t14-,15+,16-. The van der Waals surface area contributed by atoms with E-state index in [4.69, 9.17) is 4.74 Å². The summed E-state index contributed by atoms with van der Waals surface area (Å²) in [5.74, 6) is 1.36. The van der Waals surface area contributed by atoms with Gasteiger partial charge in [-0.2, -0.15) is 0 Å². The summed E-state index contributed by atoms with van der Waals surface area (Å²) >= 11 is 0. The number of fused-ring (bicyclic) bond motifs is 2. The van der Waals surface area contributed by atoms with Gasteiger partial charge in [0, 0.05) is 25.2 Å². The quantitative estimate of drug-likeness (QED) is 0.845. The van der Waals surface area contributed by atoms with E-state index in [0.717, 1.165) is 13.1 Å². The van der Waals surface area contributed by atoms with Crippen LogP contribution in [0.2, 0.25) is 0 Å². The van der Waals surface area contributed by atoms with Gasteiger partial charge in [0.2, 0.25) is 5.91 Å². The molecule has 0 aromatic heterocycles. The van der Waals surface area contributed by atoms with Crippen molar-refractivity contribution in [3.05, 3.63) is 0 Å². The van der Waals surface area contributed by atoms with E-state index in [1.54, 1.807) is 0 Å². The number of hydrogen-bond acceptors (Lipinski definition) is 3. The van der Waals surface area contributed by atoms with Gasteiger partial charge in [-0.05, 0) is 73.1 Å². The van der Waals surface area contributed by atoms with Gasteiger partial charge in [0.25, 0.3) is 0 Å². The Labute approximate surface area is 142 Å². The summed E-state index contributed by atoms with van der Waals surface area (Å²) in [7, 11) is 0. The van der Waals surface area contributed by atoms with Gasteiger partial charge in [0.15, 0.2) is 0 Å². The second kappa shape index (κ2) is 6.72. The van der Waals surface area contributed by atoms with Crippen molar-refractivity contribution < 1.29 is 9.53 Å². The first-order chi connectivity index (χ1) is 10.5. The van der Waals surface area contributed by atoms with E-state index in [-0.39, 0.29) is 11.5 Å². The van der Waals surface area contributed by atoms with Crippen LogP contribution in [0.25, 0.3) is 0 Å². The third-order valence-electron chi connectivity index (χ3n) is 5.37. The number of nitrogens with zero attached hydrogens (tertiary/aromatic N) is 1. The summed E-state index contributed by atoms with van der Waals surface area (Å²) in [6, 6.07) is 0.956. The average molecular weight is 325 g/mol.